The predicted octanol–water partition coefficient (Wildman–Crippen LogP) is 0.919. The van der Waals surface area contributed by atoms with Gasteiger partial charge in [0.1, 0.15) is 0 Å². The van der Waals surface area contributed by atoms with Crippen molar-refractivity contribution in [3.8, 4) is 0 Å². The van der Waals surface area contributed by atoms with Crippen LogP contribution in [0.5, 0.6) is 0 Å². The molecular formula is C11H22N2O4. The predicted molar refractivity (Wildman–Crippen MR) is 64.0 cm³/mol. The van der Waals surface area contributed by atoms with E-state index < -0.39 is 5.97 Å². The topological polar surface area (TPSA) is 78.9 Å². The zero-order valence-electron chi connectivity index (χ0n) is 10.6. The Labute approximate surface area is 102 Å². The highest BCUT2D eigenvalue weighted by atomic mass is 16.5. The van der Waals surface area contributed by atoms with Crippen molar-refractivity contribution in [1.82, 2.24) is 10.2 Å². The minimum Gasteiger partial charge on any atom is -0.481 e. The van der Waals surface area contributed by atoms with Crippen molar-refractivity contribution in [3.05, 3.63) is 0 Å². The van der Waals surface area contributed by atoms with Gasteiger partial charge in [-0.05, 0) is 6.42 Å². The van der Waals surface area contributed by atoms with Crippen LogP contribution in [0.4, 0.5) is 4.79 Å². The van der Waals surface area contributed by atoms with Gasteiger partial charge in [-0.15, -0.1) is 0 Å². The van der Waals surface area contributed by atoms with E-state index in [4.69, 9.17) is 9.84 Å². The Kier molecular flexibility index (Phi) is 9.14. The van der Waals surface area contributed by atoms with Crippen LogP contribution in [0.25, 0.3) is 0 Å². The highest BCUT2D eigenvalue weighted by molar-refractivity contribution is 5.75. The quantitative estimate of drug-likeness (QED) is 0.634. The molecule has 0 aromatic heterocycles. The third-order valence-electron chi connectivity index (χ3n) is 2.25. The first-order chi connectivity index (χ1) is 8.11. The zero-order chi connectivity index (χ0) is 13.1. The van der Waals surface area contributed by atoms with Crippen molar-refractivity contribution in [1.29, 1.82) is 0 Å². The van der Waals surface area contributed by atoms with Gasteiger partial charge in [0.05, 0.1) is 13.0 Å². The van der Waals surface area contributed by atoms with Crippen LogP contribution in [-0.4, -0.2) is 55.4 Å². The molecule has 0 unspecified atom stereocenters. The van der Waals surface area contributed by atoms with Crippen LogP contribution in [0.2, 0.25) is 0 Å². The summed E-state index contributed by atoms with van der Waals surface area (Å²) in [5.74, 6) is -0.915. The molecule has 0 heterocycles. The molecule has 0 saturated heterocycles. The molecule has 0 aliphatic rings. The lowest BCUT2D eigenvalue weighted by Gasteiger charge is -2.22. The molecule has 0 radical (unpaired) electrons. The average molecular weight is 246 g/mol. The minimum absolute atomic E-state index is 0.0579. The Morgan fingerprint density at radius 1 is 1.35 bits per heavy atom. The number of hydrogen-bond donors (Lipinski definition) is 2. The van der Waals surface area contributed by atoms with Crippen LogP contribution in [-0.2, 0) is 9.53 Å². The lowest BCUT2D eigenvalue weighted by Crippen LogP contribution is -2.42. The molecular weight excluding hydrogens is 224 g/mol. The Hall–Kier alpha value is -1.30. The molecule has 6 nitrogen and oxygen atoms in total. The third kappa shape index (κ3) is 8.50. The van der Waals surface area contributed by atoms with Gasteiger partial charge in [-0.25, -0.2) is 4.79 Å². The second-order valence-electron chi connectivity index (χ2n) is 3.71. The number of nitrogens with one attached hydrogen (secondary N) is 1. The van der Waals surface area contributed by atoms with Gasteiger partial charge >= 0.3 is 12.0 Å². The van der Waals surface area contributed by atoms with Crippen LogP contribution >= 0.6 is 0 Å². The number of nitrogens with zero attached hydrogens (tertiary/aromatic N) is 1. The summed E-state index contributed by atoms with van der Waals surface area (Å²) in [6.45, 7) is 3.88. The van der Waals surface area contributed by atoms with E-state index in [0.29, 0.717) is 19.7 Å². The zero-order valence-corrected chi connectivity index (χ0v) is 10.6. The van der Waals surface area contributed by atoms with Crippen molar-refractivity contribution in [3.63, 3.8) is 0 Å². The summed E-state index contributed by atoms with van der Waals surface area (Å²) < 4.78 is 4.93. The molecule has 100 valence electrons. The van der Waals surface area contributed by atoms with Crippen LogP contribution in [0, 0.1) is 0 Å². The number of rotatable bonds is 9. The summed E-state index contributed by atoms with van der Waals surface area (Å²) in [4.78, 5) is 23.7. The summed E-state index contributed by atoms with van der Waals surface area (Å²) >= 11 is 0. The molecule has 2 N–H and O–H groups in total. The molecule has 0 aliphatic heterocycles. The summed E-state index contributed by atoms with van der Waals surface area (Å²) in [5.41, 5.74) is 0. The van der Waals surface area contributed by atoms with Gasteiger partial charge in [0, 0.05) is 26.7 Å². The van der Waals surface area contributed by atoms with Gasteiger partial charge < -0.3 is 20.1 Å². The van der Waals surface area contributed by atoms with E-state index in [1.807, 2.05) is 0 Å². The summed E-state index contributed by atoms with van der Waals surface area (Å²) in [5, 5.41) is 11.0. The van der Waals surface area contributed by atoms with E-state index in [-0.39, 0.29) is 19.0 Å². The van der Waals surface area contributed by atoms with Crippen molar-refractivity contribution < 1.29 is 19.4 Å². The van der Waals surface area contributed by atoms with Crippen molar-refractivity contribution in [2.75, 3.05) is 33.4 Å². The first-order valence-corrected chi connectivity index (χ1v) is 5.85. The summed E-state index contributed by atoms with van der Waals surface area (Å²) in [6, 6.07) is -0.225. The van der Waals surface area contributed by atoms with E-state index in [2.05, 4.69) is 12.2 Å². The summed E-state index contributed by atoms with van der Waals surface area (Å²) in [6.07, 6.45) is 1.87. The first-order valence-electron chi connectivity index (χ1n) is 5.85. The molecule has 6 heteroatoms. The molecule has 0 aromatic rings. The Bertz CT molecular complexity index is 226. The van der Waals surface area contributed by atoms with Crippen molar-refractivity contribution >= 4 is 12.0 Å². The Morgan fingerprint density at radius 2 is 2.06 bits per heavy atom. The maximum absolute atomic E-state index is 11.7. The van der Waals surface area contributed by atoms with E-state index in [0.717, 1.165) is 12.8 Å². The van der Waals surface area contributed by atoms with E-state index in [1.165, 1.54) is 0 Å². The van der Waals surface area contributed by atoms with Gasteiger partial charge in [-0.2, -0.15) is 0 Å². The molecule has 0 atom stereocenters. The third-order valence-corrected chi connectivity index (χ3v) is 2.25. The molecule has 0 bridgehead atoms. The van der Waals surface area contributed by atoms with Gasteiger partial charge in [-0.1, -0.05) is 13.3 Å². The van der Waals surface area contributed by atoms with E-state index in [9.17, 15) is 9.59 Å². The standard InChI is InChI=1S/C11H22N2O4/c1-3-4-7-13(8-9-17-2)11(16)12-6-5-10(14)15/h3-9H2,1-2H3,(H,12,16)(H,14,15). The van der Waals surface area contributed by atoms with Gasteiger partial charge in [0.2, 0.25) is 0 Å². The number of urea groups is 1. The lowest BCUT2D eigenvalue weighted by molar-refractivity contribution is -0.136. The van der Waals surface area contributed by atoms with Crippen LogP contribution in [0.3, 0.4) is 0 Å². The summed E-state index contributed by atoms with van der Waals surface area (Å²) in [7, 11) is 1.58. The smallest absolute Gasteiger partial charge is 0.317 e. The SMILES string of the molecule is CCCCN(CCOC)C(=O)NCCC(=O)O. The van der Waals surface area contributed by atoms with E-state index >= 15 is 0 Å². The highest BCUT2D eigenvalue weighted by Crippen LogP contribution is 1.96. The fraction of sp³-hybridized carbons (Fsp3) is 0.818. The van der Waals surface area contributed by atoms with Gasteiger partial charge in [-0.3, -0.25) is 4.79 Å². The Balaban J connectivity index is 3.97. The normalized spacial score (nSPS) is 10.0. The van der Waals surface area contributed by atoms with Crippen LogP contribution in [0.1, 0.15) is 26.2 Å². The number of carbonyl (C=O) groups excluding carboxylic acids is 1. The number of amides is 2. The molecule has 0 aromatic carbocycles. The number of hydrogen-bond acceptors (Lipinski definition) is 3. The van der Waals surface area contributed by atoms with Crippen LogP contribution < -0.4 is 5.32 Å². The average Bonchev–Trinajstić information content (AvgIpc) is 2.28. The second-order valence-corrected chi connectivity index (χ2v) is 3.71. The number of aliphatic carboxylic acids is 1. The largest absolute Gasteiger partial charge is 0.481 e. The maximum atomic E-state index is 11.7. The molecule has 2 amide bonds. The highest BCUT2D eigenvalue weighted by Gasteiger charge is 2.12. The maximum Gasteiger partial charge on any atom is 0.317 e. The molecule has 0 saturated carbocycles. The van der Waals surface area contributed by atoms with Gasteiger partial charge in [0.25, 0.3) is 0 Å². The van der Waals surface area contributed by atoms with Gasteiger partial charge in [0.15, 0.2) is 0 Å². The molecule has 0 fully saturated rings. The van der Waals surface area contributed by atoms with E-state index in [1.54, 1.807) is 12.0 Å². The number of carboxylic acids is 1. The fourth-order valence-electron chi connectivity index (χ4n) is 1.25. The lowest BCUT2D eigenvalue weighted by atomic mass is 10.3. The number of methoxy groups -OCH3 is 1. The minimum atomic E-state index is -0.915. The number of ether oxygens (including phenoxy) is 1. The number of carboxylic acid groups (broad SMARTS) is 1. The Morgan fingerprint density at radius 3 is 2.59 bits per heavy atom. The second kappa shape index (κ2) is 9.89. The fourth-order valence-corrected chi connectivity index (χ4v) is 1.25. The van der Waals surface area contributed by atoms with Crippen molar-refractivity contribution in [2.24, 2.45) is 0 Å². The molecule has 17 heavy (non-hydrogen) atoms. The van der Waals surface area contributed by atoms with Crippen molar-refractivity contribution in [2.45, 2.75) is 26.2 Å². The van der Waals surface area contributed by atoms with Crippen LogP contribution in [0.15, 0.2) is 0 Å². The monoisotopic (exact) mass is 246 g/mol. The number of unbranched alkanes of at least 4 members (excludes halogenated alkanes) is 1. The molecule has 0 rings (SSSR count). The first kappa shape index (κ1) is 15.7. The molecule has 0 aliphatic carbocycles. The number of carbonyl (C=O) groups is 2. The molecule has 0 spiro atoms.